The molecule has 6 heteroatoms. The number of hydrogen-bond donors (Lipinski definition) is 1. The van der Waals surface area contributed by atoms with Gasteiger partial charge in [-0.25, -0.2) is 10.3 Å². The van der Waals surface area contributed by atoms with Crippen molar-refractivity contribution in [3.8, 4) is 0 Å². The molecule has 1 atom stereocenters. The monoisotopic (exact) mass is 455 g/mol. The van der Waals surface area contributed by atoms with Gasteiger partial charge >= 0.3 is 0 Å². The van der Waals surface area contributed by atoms with E-state index in [0.29, 0.717) is 13.0 Å². The number of ether oxygens (including phenoxy) is 1. The number of rotatable bonds is 14. The van der Waals surface area contributed by atoms with Crippen LogP contribution in [0.4, 0.5) is 0 Å². The van der Waals surface area contributed by atoms with Gasteiger partial charge in [0.05, 0.1) is 0 Å². The van der Waals surface area contributed by atoms with Gasteiger partial charge in [-0.2, -0.15) is 0 Å². The average molecular weight is 456 g/mol. The number of carbonyl (C=O) groups excluding carboxylic acids is 1. The quantitative estimate of drug-likeness (QED) is 0.338. The largest absolute Gasteiger partial charge is 0.350 e. The lowest BCUT2D eigenvalue weighted by atomic mass is 10.0. The van der Waals surface area contributed by atoms with Crippen molar-refractivity contribution in [2.24, 2.45) is 0 Å². The summed E-state index contributed by atoms with van der Waals surface area (Å²) in [7, 11) is 4.25. The number of hydrogen-bond acceptors (Lipinski definition) is 5. The second-order valence-electron chi connectivity index (χ2n) is 9.28. The number of nitrogens with one attached hydrogen (secondary N) is 1. The molecular weight excluding hydrogens is 414 g/mol. The minimum Gasteiger partial charge on any atom is -0.350 e. The number of unbranched alkanes of at least 4 members (excludes halogenated alkanes) is 2. The molecule has 0 spiro atoms. The molecule has 1 heterocycles. The molecule has 1 amide bonds. The maximum Gasteiger partial charge on any atom is 0.243 e. The normalized spacial score (nSPS) is 16.5. The Bertz CT molecular complexity index is 831. The van der Waals surface area contributed by atoms with E-state index in [1.165, 1.54) is 16.3 Å². The summed E-state index contributed by atoms with van der Waals surface area (Å²) in [5.74, 6) is -0.0513. The number of carbonyl (C=O) groups is 1. The third-order valence-corrected chi connectivity index (χ3v) is 6.26. The Kier molecular flexibility index (Phi) is 11.1. The molecule has 1 saturated heterocycles. The molecule has 0 saturated carbocycles. The van der Waals surface area contributed by atoms with Gasteiger partial charge in [-0.05, 0) is 69.1 Å². The fourth-order valence-electron chi connectivity index (χ4n) is 4.25. The van der Waals surface area contributed by atoms with Gasteiger partial charge in [-0.15, -0.1) is 0 Å². The summed E-state index contributed by atoms with van der Waals surface area (Å²) < 4.78 is 5.47. The van der Waals surface area contributed by atoms with Crippen LogP contribution >= 0.6 is 0 Å². The highest BCUT2D eigenvalue weighted by Crippen LogP contribution is 2.19. The molecular formula is C27H41N3O3. The van der Waals surface area contributed by atoms with Crippen molar-refractivity contribution in [1.82, 2.24) is 15.3 Å². The zero-order valence-corrected chi connectivity index (χ0v) is 20.4. The lowest BCUT2D eigenvalue weighted by Gasteiger charge is -2.24. The van der Waals surface area contributed by atoms with Gasteiger partial charge in [-0.3, -0.25) is 4.79 Å². The van der Waals surface area contributed by atoms with E-state index in [1.807, 2.05) is 0 Å². The lowest BCUT2D eigenvalue weighted by molar-refractivity contribution is -0.200. The molecule has 1 unspecified atom stereocenters. The first kappa shape index (κ1) is 25.6. The second kappa shape index (κ2) is 14.3. The van der Waals surface area contributed by atoms with E-state index in [1.54, 1.807) is 0 Å². The van der Waals surface area contributed by atoms with Gasteiger partial charge in [0, 0.05) is 39.1 Å². The number of likely N-dealkylation sites (N-methyl/N-ethyl adjacent to an activating group) is 1. The topological polar surface area (TPSA) is 54.0 Å². The van der Waals surface area contributed by atoms with Crippen LogP contribution in [0, 0.1) is 0 Å². The predicted octanol–water partition coefficient (Wildman–Crippen LogP) is 4.38. The first-order valence-corrected chi connectivity index (χ1v) is 12.5. The van der Waals surface area contributed by atoms with Gasteiger partial charge < -0.3 is 14.5 Å². The minimum atomic E-state index is -0.283. The van der Waals surface area contributed by atoms with Gasteiger partial charge in [0.2, 0.25) is 5.91 Å². The van der Waals surface area contributed by atoms with Crippen LogP contribution in [-0.4, -0.2) is 68.9 Å². The minimum absolute atomic E-state index is 0.0513. The maximum absolute atomic E-state index is 12.0. The highest BCUT2D eigenvalue weighted by Gasteiger charge is 2.15. The summed E-state index contributed by atoms with van der Waals surface area (Å²) in [6.07, 6.45) is 7.30. The first-order valence-electron chi connectivity index (χ1n) is 12.5. The third kappa shape index (κ3) is 9.41. The first-order chi connectivity index (χ1) is 16.1. The molecule has 0 aromatic heterocycles. The van der Waals surface area contributed by atoms with E-state index in [4.69, 9.17) is 9.57 Å². The Labute approximate surface area is 199 Å². The highest BCUT2D eigenvalue weighted by molar-refractivity contribution is 5.85. The van der Waals surface area contributed by atoms with E-state index in [2.05, 4.69) is 71.8 Å². The summed E-state index contributed by atoms with van der Waals surface area (Å²) in [6, 6.07) is 15.2. The highest BCUT2D eigenvalue weighted by atomic mass is 16.8. The zero-order chi connectivity index (χ0) is 23.3. The number of amides is 1. The molecule has 2 aromatic rings. The summed E-state index contributed by atoms with van der Waals surface area (Å²) in [4.78, 5) is 22.2. The molecule has 2 aromatic carbocycles. The molecule has 1 N–H and O–H groups in total. The molecule has 3 rings (SSSR count). The van der Waals surface area contributed by atoms with Crippen LogP contribution < -0.4 is 5.48 Å². The van der Waals surface area contributed by atoms with Gasteiger partial charge in [0.25, 0.3) is 0 Å². The van der Waals surface area contributed by atoms with Gasteiger partial charge in [-0.1, -0.05) is 48.9 Å². The number of benzene rings is 2. The molecule has 182 valence electrons. The molecule has 6 nitrogen and oxygen atoms in total. The molecule has 33 heavy (non-hydrogen) atoms. The number of fused-ring (bicyclic) bond motifs is 1. The van der Waals surface area contributed by atoms with Crippen LogP contribution in [-0.2, 0) is 20.8 Å². The fraction of sp³-hybridized carbons (Fsp3) is 0.593. The Morgan fingerprint density at radius 3 is 2.67 bits per heavy atom. The standard InChI is InChI=1S/C27H41N3O3/c1-29(2)20-21-30(19-17-24-13-10-12-23-11-5-6-14-25(23)24)18-8-3-4-15-26(31)28-33-27-16-7-9-22-32-27/h5-6,10-14,27H,3-4,7-9,15-22H2,1-2H3,(H,28,31). The van der Waals surface area contributed by atoms with Crippen LogP contribution in [0.3, 0.4) is 0 Å². The number of nitrogens with zero attached hydrogens (tertiary/aromatic N) is 2. The molecule has 0 bridgehead atoms. The van der Waals surface area contributed by atoms with Crippen molar-refractivity contribution in [3.63, 3.8) is 0 Å². The number of hydroxylamine groups is 1. The van der Waals surface area contributed by atoms with E-state index in [-0.39, 0.29) is 12.2 Å². The summed E-state index contributed by atoms with van der Waals surface area (Å²) in [6.45, 7) is 4.95. The van der Waals surface area contributed by atoms with Crippen LogP contribution in [0.25, 0.3) is 10.8 Å². The van der Waals surface area contributed by atoms with Crippen molar-refractivity contribution in [1.29, 1.82) is 0 Å². The van der Waals surface area contributed by atoms with Gasteiger partial charge in [0.15, 0.2) is 6.29 Å². The fourth-order valence-corrected chi connectivity index (χ4v) is 4.25. The molecule has 1 fully saturated rings. The molecule has 1 aliphatic rings. The Morgan fingerprint density at radius 1 is 1.00 bits per heavy atom. The summed E-state index contributed by atoms with van der Waals surface area (Å²) in [5.41, 5.74) is 3.98. The van der Waals surface area contributed by atoms with E-state index >= 15 is 0 Å². The SMILES string of the molecule is CN(C)CCN(CCCCCC(=O)NOC1CCCCO1)CCc1cccc2ccccc12. The molecule has 0 aliphatic carbocycles. The predicted molar refractivity (Wildman–Crippen MR) is 134 cm³/mol. The second-order valence-corrected chi connectivity index (χ2v) is 9.28. The van der Waals surface area contributed by atoms with E-state index < -0.39 is 0 Å². The smallest absolute Gasteiger partial charge is 0.243 e. The van der Waals surface area contributed by atoms with Crippen molar-refractivity contribution in [3.05, 3.63) is 48.0 Å². The molecule has 1 aliphatic heterocycles. The summed E-state index contributed by atoms with van der Waals surface area (Å²) >= 11 is 0. The maximum atomic E-state index is 12.0. The van der Waals surface area contributed by atoms with E-state index in [0.717, 1.165) is 71.1 Å². The lowest BCUT2D eigenvalue weighted by Crippen LogP contribution is -2.34. The van der Waals surface area contributed by atoms with Crippen molar-refractivity contribution >= 4 is 16.7 Å². The van der Waals surface area contributed by atoms with Crippen LogP contribution in [0.5, 0.6) is 0 Å². The van der Waals surface area contributed by atoms with Crippen molar-refractivity contribution in [2.45, 2.75) is 57.7 Å². The van der Waals surface area contributed by atoms with Crippen LogP contribution in [0.2, 0.25) is 0 Å². The van der Waals surface area contributed by atoms with E-state index in [9.17, 15) is 4.79 Å². The van der Waals surface area contributed by atoms with Crippen molar-refractivity contribution in [2.75, 3.05) is 46.9 Å². The molecule has 0 radical (unpaired) electrons. The van der Waals surface area contributed by atoms with Gasteiger partial charge in [0.1, 0.15) is 0 Å². The Hall–Kier alpha value is -1.99. The average Bonchev–Trinajstić information content (AvgIpc) is 2.84. The summed E-state index contributed by atoms with van der Waals surface area (Å²) in [5, 5.41) is 2.67. The zero-order valence-electron chi connectivity index (χ0n) is 20.4. The van der Waals surface area contributed by atoms with Crippen molar-refractivity contribution < 1.29 is 14.4 Å². The Balaban J connectivity index is 1.37. The van der Waals surface area contributed by atoms with Crippen LogP contribution in [0.1, 0.15) is 50.5 Å². The van der Waals surface area contributed by atoms with Crippen LogP contribution in [0.15, 0.2) is 42.5 Å². The Morgan fingerprint density at radius 2 is 1.85 bits per heavy atom. The third-order valence-electron chi connectivity index (χ3n) is 6.26.